The molecule has 0 spiro atoms. The first-order valence-corrected chi connectivity index (χ1v) is 7.22. The first-order chi connectivity index (χ1) is 11.1. The minimum absolute atomic E-state index is 0.0382. The van der Waals surface area contributed by atoms with Crippen molar-refractivity contribution in [1.29, 1.82) is 0 Å². The van der Waals surface area contributed by atoms with E-state index >= 15 is 0 Å². The molecule has 0 bridgehead atoms. The van der Waals surface area contributed by atoms with Crippen molar-refractivity contribution in [1.82, 2.24) is 15.2 Å². The van der Waals surface area contributed by atoms with E-state index in [0.29, 0.717) is 5.56 Å². The topological polar surface area (TPSA) is 91.3 Å². The molecule has 0 N–H and O–H groups in total. The third-order valence-electron chi connectivity index (χ3n) is 2.94. The standard InChI is InChI=1S/C16H17N3O4/c1-4-22-15(20)13-12(11-8-6-10(3)7-9-11)17-14(19-18-13)16(21)23-5-2/h6-9H,4-5H2,1-3H3. The summed E-state index contributed by atoms with van der Waals surface area (Å²) >= 11 is 0. The molecule has 2 aromatic rings. The van der Waals surface area contributed by atoms with Gasteiger partial charge in [0.25, 0.3) is 5.82 Å². The second-order valence-electron chi connectivity index (χ2n) is 4.64. The van der Waals surface area contributed by atoms with Crippen LogP contribution in [0.5, 0.6) is 0 Å². The van der Waals surface area contributed by atoms with E-state index in [0.717, 1.165) is 5.56 Å². The highest BCUT2D eigenvalue weighted by molar-refractivity contribution is 5.95. The molecular weight excluding hydrogens is 298 g/mol. The van der Waals surface area contributed by atoms with Crippen LogP contribution in [-0.4, -0.2) is 40.3 Å². The van der Waals surface area contributed by atoms with E-state index < -0.39 is 11.9 Å². The number of hydrogen-bond acceptors (Lipinski definition) is 7. The number of aromatic nitrogens is 3. The van der Waals surface area contributed by atoms with Gasteiger partial charge >= 0.3 is 11.9 Å². The lowest BCUT2D eigenvalue weighted by atomic mass is 10.1. The van der Waals surface area contributed by atoms with Crippen LogP contribution in [0, 0.1) is 6.92 Å². The fourth-order valence-electron chi connectivity index (χ4n) is 1.86. The molecule has 1 heterocycles. The van der Waals surface area contributed by atoms with Gasteiger partial charge in [-0.25, -0.2) is 14.6 Å². The normalized spacial score (nSPS) is 10.2. The van der Waals surface area contributed by atoms with Gasteiger partial charge in [-0.3, -0.25) is 0 Å². The van der Waals surface area contributed by atoms with Gasteiger partial charge < -0.3 is 9.47 Å². The van der Waals surface area contributed by atoms with Gasteiger partial charge in [0.2, 0.25) is 0 Å². The highest BCUT2D eigenvalue weighted by Gasteiger charge is 2.22. The predicted octanol–water partition coefficient (Wildman–Crippen LogP) is 2.20. The van der Waals surface area contributed by atoms with Gasteiger partial charge in [0.05, 0.1) is 13.2 Å². The fourth-order valence-corrected chi connectivity index (χ4v) is 1.86. The molecule has 2 rings (SSSR count). The number of aryl methyl sites for hydroxylation is 1. The summed E-state index contributed by atoms with van der Waals surface area (Å²) in [7, 11) is 0. The third-order valence-corrected chi connectivity index (χ3v) is 2.94. The zero-order valence-electron chi connectivity index (χ0n) is 13.2. The highest BCUT2D eigenvalue weighted by atomic mass is 16.5. The van der Waals surface area contributed by atoms with Gasteiger partial charge in [0.1, 0.15) is 5.69 Å². The molecular formula is C16H17N3O4. The second-order valence-corrected chi connectivity index (χ2v) is 4.64. The monoisotopic (exact) mass is 315 g/mol. The summed E-state index contributed by atoms with van der Waals surface area (Å²) in [4.78, 5) is 28.0. The molecule has 0 unspecified atom stereocenters. The molecule has 0 fully saturated rings. The second kappa shape index (κ2) is 7.44. The largest absolute Gasteiger partial charge is 0.461 e. The summed E-state index contributed by atoms with van der Waals surface area (Å²) in [6, 6.07) is 7.32. The first kappa shape index (κ1) is 16.5. The Hall–Kier alpha value is -2.83. The zero-order chi connectivity index (χ0) is 16.8. The van der Waals surface area contributed by atoms with Crippen LogP contribution in [0.2, 0.25) is 0 Å². The lowest BCUT2D eigenvalue weighted by Gasteiger charge is -2.08. The lowest BCUT2D eigenvalue weighted by molar-refractivity contribution is 0.0492. The molecule has 0 radical (unpaired) electrons. The summed E-state index contributed by atoms with van der Waals surface area (Å²) in [6.07, 6.45) is 0. The molecule has 0 aliphatic carbocycles. The van der Waals surface area contributed by atoms with Crippen LogP contribution in [0.3, 0.4) is 0 Å². The molecule has 0 aliphatic heterocycles. The Morgan fingerprint density at radius 2 is 1.57 bits per heavy atom. The average Bonchev–Trinajstić information content (AvgIpc) is 2.55. The maximum absolute atomic E-state index is 12.0. The van der Waals surface area contributed by atoms with Crippen LogP contribution < -0.4 is 0 Å². The summed E-state index contributed by atoms with van der Waals surface area (Å²) in [5.41, 5.74) is 1.89. The third kappa shape index (κ3) is 3.88. The van der Waals surface area contributed by atoms with E-state index in [9.17, 15) is 9.59 Å². The molecule has 0 amide bonds. The van der Waals surface area contributed by atoms with E-state index in [-0.39, 0.29) is 30.4 Å². The van der Waals surface area contributed by atoms with Crippen molar-refractivity contribution in [3.05, 3.63) is 41.3 Å². The van der Waals surface area contributed by atoms with Gasteiger partial charge in [0.15, 0.2) is 5.69 Å². The van der Waals surface area contributed by atoms with Gasteiger partial charge in [-0.2, -0.15) is 0 Å². The number of esters is 2. The van der Waals surface area contributed by atoms with E-state index in [1.807, 2.05) is 19.1 Å². The van der Waals surface area contributed by atoms with Crippen molar-refractivity contribution in [2.75, 3.05) is 13.2 Å². The van der Waals surface area contributed by atoms with Crippen molar-refractivity contribution in [3.63, 3.8) is 0 Å². The molecule has 120 valence electrons. The van der Waals surface area contributed by atoms with Crippen LogP contribution in [0.15, 0.2) is 24.3 Å². The number of nitrogens with zero attached hydrogens (tertiary/aromatic N) is 3. The number of ether oxygens (including phenoxy) is 2. The summed E-state index contributed by atoms with van der Waals surface area (Å²) in [6.45, 7) is 5.71. The molecule has 0 atom stereocenters. The smallest absolute Gasteiger partial charge is 0.378 e. The minimum atomic E-state index is -0.691. The maximum atomic E-state index is 12.0. The van der Waals surface area contributed by atoms with Crippen molar-refractivity contribution < 1.29 is 19.1 Å². The quantitative estimate of drug-likeness (QED) is 0.781. The Morgan fingerprint density at radius 3 is 2.17 bits per heavy atom. The number of rotatable bonds is 5. The Morgan fingerprint density at radius 1 is 0.957 bits per heavy atom. The van der Waals surface area contributed by atoms with Crippen LogP contribution in [0.25, 0.3) is 11.3 Å². The molecule has 23 heavy (non-hydrogen) atoms. The Kier molecular flexibility index (Phi) is 5.35. The first-order valence-electron chi connectivity index (χ1n) is 7.22. The Balaban J connectivity index is 2.52. The fraction of sp³-hybridized carbons (Fsp3) is 0.312. The van der Waals surface area contributed by atoms with Gasteiger partial charge in [0, 0.05) is 5.56 Å². The molecule has 0 saturated heterocycles. The molecule has 0 aliphatic rings. The summed E-state index contributed by atoms with van der Waals surface area (Å²) in [5, 5.41) is 7.48. The van der Waals surface area contributed by atoms with E-state index in [4.69, 9.17) is 9.47 Å². The Labute approximate surface area is 133 Å². The van der Waals surface area contributed by atoms with Crippen LogP contribution in [0.1, 0.15) is 40.5 Å². The van der Waals surface area contributed by atoms with Gasteiger partial charge in [-0.15, -0.1) is 10.2 Å². The van der Waals surface area contributed by atoms with E-state index in [1.165, 1.54) is 0 Å². The minimum Gasteiger partial charge on any atom is -0.461 e. The van der Waals surface area contributed by atoms with Gasteiger partial charge in [-0.05, 0) is 20.8 Å². The molecule has 7 nitrogen and oxygen atoms in total. The molecule has 1 aromatic heterocycles. The van der Waals surface area contributed by atoms with Gasteiger partial charge in [-0.1, -0.05) is 29.8 Å². The van der Waals surface area contributed by atoms with Crippen LogP contribution in [-0.2, 0) is 9.47 Å². The van der Waals surface area contributed by atoms with E-state index in [1.54, 1.807) is 26.0 Å². The SMILES string of the molecule is CCOC(=O)c1nnc(C(=O)OCC)c(-c2ccc(C)cc2)n1. The zero-order valence-corrected chi connectivity index (χ0v) is 13.2. The maximum Gasteiger partial charge on any atom is 0.378 e. The van der Waals surface area contributed by atoms with Crippen LogP contribution >= 0.6 is 0 Å². The Bertz CT molecular complexity index is 714. The van der Waals surface area contributed by atoms with E-state index in [2.05, 4.69) is 15.2 Å². The van der Waals surface area contributed by atoms with Crippen LogP contribution in [0.4, 0.5) is 0 Å². The predicted molar refractivity (Wildman–Crippen MR) is 81.9 cm³/mol. The van der Waals surface area contributed by atoms with Crippen molar-refractivity contribution in [3.8, 4) is 11.3 Å². The lowest BCUT2D eigenvalue weighted by Crippen LogP contribution is -2.17. The van der Waals surface area contributed by atoms with Crippen molar-refractivity contribution >= 4 is 11.9 Å². The molecule has 7 heteroatoms. The molecule has 0 saturated carbocycles. The van der Waals surface area contributed by atoms with Crippen molar-refractivity contribution in [2.45, 2.75) is 20.8 Å². The average molecular weight is 315 g/mol. The molecule has 1 aromatic carbocycles. The van der Waals surface area contributed by atoms with Crippen molar-refractivity contribution in [2.24, 2.45) is 0 Å². The highest BCUT2D eigenvalue weighted by Crippen LogP contribution is 2.21. The number of carbonyl (C=O) groups excluding carboxylic acids is 2. The number of hydrogen-bond donors (Lipinski definition) is 0. The number of benzene rings is 1. The summed E-state index contributed by atoms with van der Waals surface area (Å²) < 4.78 is 9.83. The number of carbonyl (C=O) groups is 2. The summed E-state index contributed by atoms with van der Waals surface area (Å²) in [5.74, 6) is -1.53.